The molecule has 33 heavy (non-hydrogen) atoms. The Morgan fingerprint density at radius 1 is 1.36 bits per heavy atom. The first-order valence-corrected chi connectivity index (χ1v) is 11.5. The van der Waals surface area contributed by atoms with Crippen LogP contribution >= 0.6 is 11.3 Å². The third kappa shape index (κ3) is 4.32. The fourth-order valence-electron chi connectivity index (χ4n) is 5.12. The Morgan fingerprint density at radius 3 is 2.73 bits per heavy atom. The molecule has 0 aliphatic carbocycles. The van der Waals surface area contributed by atoms with Crippen LogP contribution in [0.5, 0.6) is 0 Å². The number of fused-ring (bicyclic) bond motifs is 1. The van der Waals surface area contributed by atoms with Crippen molar-refractivity contribution in [2.45, 2.75) is 26.4 Å². The molecular weight excluding hydrogens is 453 g/mol. The minimum Gasteiger partial charge on any atom is -0.384 e. The Kier molecular flexibility index (Phi) is 6.14. The molecule has 2 aliphatic rings. The van der Waals surface area contributed by atoms with Crippen molar-refractivity contribution in [1.82, 2.24) is 9.88 Å². The molecule has 176 valence electrons. The van der Waals surface area contributed by atoms with Gasteiger partial charge in [0.15, 0.2) is 0 Å². The zero-order chi connectivity index (χ0) is 24.0. The maximum atomic E-state index is 13.5. The SMILES string of the molecule is COCC12CCN(C(=O)c3sc(C)nc3C)CC1CN(c1ccc(C#N)c(C(F)(F)F)c1)C2. The van der Waals surface area contributed by atoms with Crippen molar-refractivity contribution in [3.8, 4) is 6.07 Å². The highest BCUT2D eigenvalue weighted by molar-refractivity contribution is 7.13. The second-order valence-corrected chi connectivity index (χ2v) is 10.1. The van der Waals surface area contributed by atoms with Gasteiger partial charge in [0, 0.05) is 50.3 Å². The van der Waals surface area contributed by atoms with Gasteiger partial charge in [-0.25, -0.2) is 4.98 Å². The van der Waals surface area contributed by atoms with E-state index in [0.717, 1.165) is 16.8 Å². The quantitative estimate of drug-likeness (QED) is 0.657. The van der Waals surface area contributed by atoms with Gasteiger partial charge in [-0.2, -0.15) is 18.4 Å². The summed E-state index contributed by atoms with van der Waals surface area (Å²) in [5.74, 6) is 0.00903. The molecule has 2 saturated heterocycles. The number of carbonyl (C=O) groups is 1. The average Bonchev–Trinajstić information content (AvgIpc) is 3.31. The molecule has 6 nitrogen and oxygen atoms in total. The number of ether oxygens (including phenoxy) is 1. The fraction of sp³-hybridized carbons (Fsp3) is 0.522. The maximum Gasteiger partial charge on any atom is 0.417 e. The number of halogens is 3. The van der Waals surface area contributed by atoms with Crippen molar-refractivity contribution in [1.29, 1.82) is 5.26 Å². The van der Waals surface area contributed by atoms with Gasteiger partial charge in [-0.15, -0.1) is 11.3 Å². The van der Waals surface area contributed by atoms with Crippen LogP contribution < -0.4 is 4.90 Å². The van der Waals surface area contributed by atoms with Crippen LogP contribution in [0.2, 0.25) is 0 Å². The van der Waals surface area contributed by atoms with Gasteiger partial charge < -0.3 is 14.5 Å². The largest absolute Gasteiger partial charge is 0.417 e. The number of nitriles is 1. The Labute approximate surface area is 194 Å². The topological polar surface area (TPSA) is 69.5 Å². The minimum atomic E-state index is -4.61. The van der Waals surface area contributed by atoms with E-state index in [9.17, 15) is 18.0 Å². The van der Waals surface area contributed by atoms with Crippen LogP contribution in [0.1, 0.15) is 37.9 Å². The number of carbonyl (C=O) groups excluding carboxylic acids is 1. The normalized spacial score (nSPS) is 22.9. The van der Waals surface area contributed by atoms with Crippen LogP contribution in [-0.2, 0) is 10.9 Å². The van der Waals surface area contributed by atoms with Crippen LogP contribution in [0.3, 0.4) is 0 Å². The molecule has 0 spiro atoms. The van der Waals surface area contributed by atoms with Gasteiger partial charge in [0.05, 0.1) is 34.5 Å². The van der Waals surface area contributed by atoms with Gasteiger partial charge in [-0.1, -0.05) is 0 Å². The van der Waals surface area contributed by atoms with Gasteiger partial charge in [0.2, 0.25) is 0 Å². The molecule has 2 atom stereocenters. The molecule has 2 fully saturated rings. The number of amides is 1. The lowest BCUT2D eigenvalue weighted by atomic mass is 9.73. The van der Waals surface area contributed by atoms with E-state index in [2.05, 4.69) is 4.98 Å². The number of piperidine rings is 1. The molecule has 0 radical (unpaired) electrons. The highest BCUT2D eigenvalue weighted by Crippen LogP contribution is 2.46. The van der Waals surface area contributed by atoms with E-state index < -0.39 is 11.7 Å². The standard InChI is InChI=1S/C23H25F3N4O2S/c1-14-20(33-15(2)28-14)21(31)29-7-6-22(13-32-3)12-30(11-17(22)10-29)18-5-4-16(9-27)19(8-18)23(24,25)26/h4-5,8,17H,6-7,10-13H2,1-3H3. The molecule has 4 rings (SSSR count). The van der Waals surface area contributed by atoms with Crippen LogP contribution in [-0.4, -0.2) is 55.7 Å². The smallest absolute Gasteiger partial charge is 0.384 e. The second kappa shape index (κ2) is 8.61. The molecule has 10 heteroatoms. The van der Waals surface area contributed by atoms with E-state index >= 15 is 0 Å². The van der Waals surface area contributed by atoms with Gasteiger partial charge in [0.1, 0.15) is 4.88 Å². The number of alkyl halides is 3. The van der Waals surface area contributed by atoms with Crippen molar-refractivity contribution in [3.05, 3.63) is 44.9 Å². The van der Waals surface area contributed by atoms with E-state index in [-0.39, 0.29) is 22.8 Å². The monoisotopic (exact) mass is 478 g/mol. The molecule has 0 bridgehead atoms. The Balaban J connectivity index is 1.60. The van der Waals surface area contributed by atoms with Gasteiger partial charge in [-0.05, 0) is 38.5 Å². The first-order chi connectivity index (χ1) is 15.6. The Bertz CT molecular complexity index is 1110. The number of aryl methyl sites for hydroxylation is 2. The lowest BCUT2D eigenvalue weighted by Gasteiger charge is -2.42. The highest BCUT2D eigenvalue weighted by Gasteiger charge is 2.50. The fourth-order valence-corrected chi connectivity index (χ4v) is 6.01. The number of anilines is 1. The predicted molar refractivity (Wildman–Crippen MR) is 118 cm³/mol. The van der Waals surface area contributed by atoms with Crippen molar-refractivity contribution in [2.75, 3.05) is 44.8 Å². The molecule has 1 aromatic heterocycles. The summed E-state index contributed by atoms with van der Waals surface area (Å²) in [6, 6.07) is 5.49. The molecule has 1 amide bonds. The molecule has 3 heterocycles. The summed E-state index contributed by atoms with van der Waals surface area (Å²) in [5.41, 5.74) is -0.414. The van der Waals surface area contributed by atoms with Gasteiger partial charge in [-0.3, -0.25) is 4.79 Å². The zero-order valence-corrected chi connectivity index (χ0v) is 19.5. The van der Waals surface area contributed by atoms with E-state index in [4.69, 9.17) is 10.00 Å². The summed E-state index contributed by atoms with van der Waals surface area (Å²) in [6.45, 7) is 6.29. The highest BCUT2D eigenvalue weighted by atomic mass is 32.1. The van der Waals surface area contributed by atoms with Crippen molar-refractivity contribution >= 4 is 22.9 Å². The third-order valence-corrected chi connectivity index (χ3v) is 7.80. The summed E-state index contributed by atoms with van der Waals surface area (Å²) >= 11 is 1.39. The second-order valence-electron chi connectivity index (χ2n) is 8.86. The Morgan fingerprint density at radius 2 is 2.12 bits per heavy atom. The summed E-state index contributed by atoms with van der Waals surface area (Å²) < 4.78 is 46.0. The van der Waals surface area contributed by atoms with Crippen molar-refractivity contribution < 1.29 is 22.7 Å². The molecule has 1 aromatic carbocycles. The van der Waals surface area contributed by atoms with E-state index in [1.807, 2.05) is 23.6 Å². The first kappa shape index (κ1) is 23.5. The first-order valence-electron chi connectivity index (χ1n) is 10.7. The van der Waals surface area contributed by atoms with E-state index in [1.165, 1.54) is 17.4 Å². The number of rotatable bonds is 4. The average molecular weight is 479 g/mol. The molecule has 2 unspecified atom stereocenters. The number of nitrogens with zero attached hydrogens (tertiary/aromatic N) is 4. The molecule has 0 saturated carbocycles. The molecule has 0 N–H and O–H groups in total. The molecular formula is C23H25F3N4O2S. The zero-order valence-electron chi connectivity index (χ0n) is 18.7. The number of benzene rings is 1. The van der Waals surface area contributed by atoms with Gasteiger partial charge >= 0.3 is 6.18 Å². The van der Waals surface area contributed by atoms with Crippen molar-refractivity contribution in [3.63, 3.8) is 0 Å². The van der Waals surface area contributed by atoms with Gasteiger partial charge in [0.25, 0.3) is 5.91 Å². The third-order valence-electron chi connectivity index (χ3n) is 6.74. The maximum absolute atomic E-state index is 13.5. The van der Waals surface area contributed by atoms with E-state index in [1.54, 1.807) is 19.2 Å². The number of hydrogen-bond acceptors (Lipinski definition) is 6. The van der Waals surface area contributed by atoms with Crippen LogP contribution in [0, 0.1) is 36.5 Å². The number of thiazole rings is 1. The summed E-state index contributed by atoms with van der Waals surface area (Å²) in [5, 5.41) is 9.93. The Hall–Kier alpha value is -2.64. The number of likely N-dealkylation sites (tertiary alicyclic amines) is 1. The van der Waals surface area contributed by atoms with Crippen LogP contribution in [0.15, 0.2) is 18.2 Å². The predicted octanol–water partition coefficient (Wildman–Crippen LogP) is 4.27. The minimum absolute atomic E-state index is 0.0414. The lowest BCUT2D eigenvalue weighted by molar-refractivity contribution is -0.137. The molecule has 2 aliphatic heterocycles. The summed E-state index contributed by atoms with van der Waals surface area (Å²) in [7, 11) is 1.62. The van der Waals surface area contributed by atoms with Crippen LogP contribution in [0.25, 0.3) is 0 Å². The summed E-state index contributed by atoms with van der Waals surface area (Å²) in [4.78, 5) is 21.9. The number of methoxy groups -OCH3 is 1. The number of aromatic nitrogens is 1. The van der Waals surface area contributed by atoms with E-state index in [0.29, 0.717) is 49.8 Å². The summed E-state index contributed by atoms with van der Waals surface area (Å²) in [6.07, 6.45) is -3.90. The number of hydrogen-bond donors (Lipinski definition) is 0. The van der Waals surface area contributed by atoms with Crippen molar-refractivity contribution in [2.24, 2.45) is 11.3 Å². The lowest BCUT2D eigenvalue weighted by Crippen LogP contribution is -2.50. The molecule has 2 aromatic rings. The van der Waals surface area contributed by atoms with Crippen LogP contribution in [0.4, 0.5) is 18.9 Å².